The zero-order chi connectivity index (χ0) is 13.0. The van der Waals surface area contributed by atoms with E-state index in [0.717, 1.165) is 34.6 Å². The highest BCUT2D eigenvalue weighted by Gasteiger charge is 2.10. The molecule has 106 valence electrons. The SMILES string of the molecule is CCc1cc(CSc2nnc(CNC)n2C)on1.Cl. The van der Waals surface area contributed by atoms with E-state index in [1.807, 2.05) is 24.7 Å². The third-order valence-electron chi connectivity index (χ3n) is 2.57. The zero-order valence-corrected chi connectivity index (χ0v) is 12.8. The highest BCUT2D eigenvalue weighted by atomic mass is 35.5. The average Bonchev–Trinajstić information content (AvgIpc) is 2.96. The average molecular weight is 304 g/mol. The monoisotopic (exact) mass is 303 g/mol. The summed E-state index contributed by atoms with van der Waals surface area (Å²) in [5.74, 6) is 2.51. The summed E-state index contributed by atoms with van der Waals surface area (Å²) in [5, 5.41) is 16.2. The minimum absolute atomic E-state index is 0. The van der Waals surface area contributed by atoms with Crippen molar-refractivity contribution in [2.75, 3.05) is 7.05 Å². The van der Waals surface area contributed by atoms with Crippen molar-refractivity contribution in [1.82, 2.24) is 25.2 Å². The van der Waals surface area contributed by atoms with Gasteiger partial charge in [0.1, 0.15) is 11.6 Å². The van der Waals surface area contributed by atoms with Crippen molar-refractivity contribution >= 4 is 24.2 Å². The van der Waals surface area contributed by atoms with E-state index in [0.29, 0.717) is 6.54 Å². The Morgan fingerprint density at radius 2 is 2.21 bits per heavy atom. The van der Waals surface area contributed by atoms with Crippen LogP contribution in [0.15, 0.2) is 15.7 Å². The lowest BCUT2D eigenvalue weighted by molar-refractivity contribution is 0.389. The zero-order valence-electron chi connectivity index (χ0n) is 11.2. The van der Waals surface area contributed by atoms with E-state index in [1.165, 1.54) is 0 Å². The molecule has 19 heavy (non-hydrogen) atoms. The maximum Gasteiger partial charge on any atom is 0.191 e. The molecule has 0 atom stereocenters. The van der Waals surface area contributed by atoms with Crippen molar-refractivity contribution in [1.29, 1.82) is 0 Å². The second-order valence-electron chi connectivity index (χ2n) is 3.91. The molecule has 0 aromatic carbocycles. The molecule has 0 unspecified atom stereocenters. The van der Waals surface area contributed by atoms with E-state index in [-0.39, 0.29) is 12.4 Å². The number of nitrogens with zero attached hydrogens (tertiary/aromatic N) is 4. The summed E-state index contributed by atoms with van der Waals surface area (Å²) in [6.45, 7) is 2.77. The first-order valence-electron chi connectivity index (χ1n) is 5.84. The molecule has 2 aromatic heterocycles. The summed E-state index contributed by atoms with van der Waals surface area (Å²) in [4.78, 5) is 0. The molecule has 0 aliphatic carbocycles. The van der Waals surface area contributed by atoms with Gasteiger partial charge in [-0.3, -0.25) is 0 Å². The largest absolute Gasteiger partial charge is 0.360 e. The predicted octanol–water partition coefficient (Wildman–Crippen LogP) is 1.80. The van der Waals surface area contributed by atoms with E-state index in [2.05, 4.69) is 27.6 Å². The van der Waals surface area contributed by atoms with Gasteiger partial charge in [0.2, 0.25) is 0 Å². The molecule has 0 bridgehead atoms. The lowest BCUT2D eigenvalue weighted by Crippen LogP contribution is -2.10. The molecule has 1 N–H and O–H groups in total. The minimum atomic E-state index is 0. The fourth-order valence-electron chi connectivity index (χ4n) is 1.51. The smallest absolute Gasteiger partial charge is 0.191 e. The minimum Gasteiger partial charge on any atom is -0.360 e. The van der Waals surface area contributed by atoms with Crippen molar-refractivity contribution in [3.05, 3.63) is 23.3 Å². The molecule has 0 amide bonds. The first kappa shape index (κ1) is 16.0. The normalized spacial score (nSPS) is 10.5. The quantitative estimate of drug-likeness (QED) is 0.821. The first-order chi connectivity index (χ1) is 8.74. The van der Waals surface area contributed by atoms with Crippen LogP contribution in [0.1, 0.15) is 24.2 Å². The van der Waals surface area contributed by atoms with Crippen molar-refractivity contribution in [3.8, 4) is 0 Å². The maximum absolute atomic E-state index is 5.23. The molecule has 8 heteroatoms. The summed E-state index contributed by atoms with van der Waals surface area (Å²) >= 11 is 1.60. The van der Waals surface area contributed by atoms with Gasteiger partial charge >= 0.3 is 0 Å². The lowest BCUT2D eigenvalue weighted by Gasteiger charge is -2.01. The van der Waals surface area contributed by atoms with Crippen molar-refractivity contribution in [2.45, 2.75) is 30.8 Å². The molecule has 2 rings (SSSR count). The molecular weight excluding hydrogens is 286 g/mol. The Balaban J connectivity index is 0.00000180. The molecule has 2 aromatic rings. The van der Waals surface area contributed by atoms with Crippen LogP contribution in [-0.4, -0.2) is 27.0 Å². The molecule has 0 aliphatic rings. The number of halogens is 1. The third kappa shape index (κ3) is 3.95. The maximum atomic E-state index is 5.23. The number of thioether (sulfide) groups is 1. The first-order valence-corrected chi connectivity index (χ1v) is 6.83. The standard InChI is InChI=1S/C11H17N5OS.ClH/c1-4-8-5-9(17-15-8)7-18-11-14-13-10(6-12-2)16(11)3;/h5,12H,4,6-7H2,1-3H3;1H. The molecule has 0 saturated carbocycles. The molecule has 2 heterocycles. The van der Waals surface area contributed by atoms with Gasteiger partial charge in [-0.1, -0.05) is 23.8 Å². The van der Waals surface area contributed by atoms with Crippen LogP contribution in [0.25, 0.3) is 0 Å². The molecule has 0 spiro atoms. The summed E-state index contributed by atoms with van der Waals surface area (Å²) in [5.41, 5.74) is 0.986. The van der Waals surface area contributed by atoms with Gasteiger partial charge in [0.15, 0.2) is 5.16 Å². The molecular formula is C11H18ClN5OS. The third-order valence-corrected chi connectivity index (χ3v) is 3.62. The number of aryl methyl sites for hydroxylation is 1. The lowest BCUT2D eigenvalue weighted by atomic mass is 10.3. The van der Waals surface area contributed by atoms with Crippen LogP contribution >= 0.6 is 24.2 Å². The highest BCUT2D eigenvalue weighted by Crippen LogP contribution is 2.21. The summed E-state index contributed by atoms with van der Waals surface area (Å²) in [7, 11) is 3.86. The Kier molecular flexibility index (Phi) is 6.33. The van der Waals surface area contributed by atoms with Gasteiger partial charge in [0, 0.05) is 13.1 Å². The Morgan fingerprint density at radius 3 is 2.84 bits per heavy atom. The summed E-state index contributed by atoms with van der Waals surface area (Å²) < 4.78 is 7.22. The second kappa shape index (κ2) is 7.52. The van der Waals surface area contributed by atoms with Crippen LogP contribution in [0.5, 0.6) is 0 Å². The molecule has 0 radical (unpaired) electrons. The Hall–Kier alpha value is -1.05. The highest BCUT2D eigenvalue weighted by molar-refractivity contribution is 7.98. The number of hydrogen-bond acceptors (Lipinski definition) is 6. The number of nitrogens with one attached hydrogen (secondary N) is 1. The van der Waals surface area contributed by atoms with Gasteiger partial charge in [0.25, 0.3) is 0 Å². The fraction of sp³-hybridized carbons (Fsp3) is 0.545. The predicted molar refractivity (Wildman–Crippen MR) is 76.5 cm³/mol. The van der Waals surface area contributed by atoms with E-state index in [1.54, 1.807) is 11.8 Å². The van der Waals surface area contributed by atoms with Crippen LogP contribution in [0.2, 0.25) is 0 Å². The molecule has 0 fully saturated rings. The van der Waals surface area contributed by atoms with Crippen molar-refractivity contribution in [2.24, 2.45) is 7.05 Å². The van der Waals surface area contributed by atoms with Gasteiger partial charge in [-0.25, -0.2) is 0 Å². The molecule has 6 nitrogen and oxygen atoms in total. The van der Waals surface area contributed by atoms with Crippen LogP contribution in [0.3, 0.4) is 0 Å². The topological polar surface area (TPSA) is 68.8 Å². The van der Waals surface area contributed by atoms with Crippen LogP contribution in [0, 0.1) is 0 Å². The second-order valence-corrected chi connectivity index (χ2v) is 4.86. The van der Waals surface area contributed by atoms with Crippen LogP contribution in [0.4, 0.5) is 0 Å². The van der Waals surface area contributed by atoms with Crippen LogP contribution in [-0.2, 0) is 25.8 Å². The summed E-state index contributed by atoms with van der Waals surface area (Å²) in [6.07, 6.45) is 0.893. The van der Waals surface area contributed by atoms with Crippen molar-refractivity contribution in [3.63, 3.8) is 0 Å². The Bertz CT molecular complexity index is 513. The van der Waals surface area contributed by atoms with E-state index >= 15 is 0 Å². The Morgan fingerprint density at radius 1 is 1.42 bits per heavy atom. The summed E-state index contributed by atoms with van der Waals surface area (Å²) in [6, 6.07) is 1.98. The van der Waals surface area contributed by atoms with Gasteiger partial charge in [0.05, 0.1) is 18.0 Å². The van der Waals surface area contributed by atoms with Gasteiger partial charge in [-0.2, -0.15) is 0 Å². The molecule has 0 saturated heterocycles. The van der Waals surface area contributed by atoms with E-state index in [4.69, 9.17) is 4.52 Å². The van der Waals surface area contributed by atoms with Gasteiger partial charge in [-0.05, 0) is 13.5 Å². The number of hydrogen-bond donors (Lipinski definition) is 1. The fourth-order valence-corrected chi connectivity index (χ4v) is 2.31. The van der Waals surface area contributed by atoms with E-state index in [9.17, 15) is 0 Å². The molecule has 0 aliphatic heterocycles. The van der Waals surface area contributed by atoms with Gasteiger partial charge in [-0.15, -0.1) is 22.6 Å². The number of aromatic nitrogens is 4. The van der Waals surface area contributed by atoms with E-state index < -0.39 is 0 Å². The van der Waals surface area contributed by atoms with Crippen molar-refractivity contribution < 1.29 is 4.52 Å². The van der Waals surface area contributed by atoms with Gasteiger partial charge < -0.3 is 14.4 Å². The van der Waals surface area contributed by atoms with Crippen LogP contribution < -0.4 is 5.32 Å². The Labute approximate surface area is 122 Å². The number of rotatable bonds is 6.